The molecule has 0 atom stereocenters. The first-order valence-electron chi connectivity index (χ1n) is 4.58. The van der Waals surface area contributed by atoms with Crippen molar-refractivity contribution in [2.75, 3.05) is 0 Å². The molecule has 0 aromatic heterocycles. The van der Waals surface area contributed by atoms with E-state index in [1.807, 2.05) is 0 Å². The van der Waals surface area contributed by atoms with Crippen LogP contribution in [0.5, 0.6) is 5.75 Å². The fraction of sp³-hybridized carbons (Fsp3) is 0.0909. The molecule has 0 heterocycles. The number of carboxylic acids is 1. The molecule has 1 N–H and O–H groups in total. The highest BCUT2D eigenvalue weighted by atomic mass is 19.3. The number of alkyl halides is 2. The smallest absolute Gasteiger partial charge is 0.387 e. The molecule has 0 saturated heterocycles. The number of ether oxygens (including phenoxy) is 1. The van der Waals surface area contributed by atoms with Crippen LogP contribution in [0.4, 0.5) is 13.2 Å². The van der Waals surface area contributed by atoms with Crippen LogP contribution in [0.15, 0.2) is 18.2 Å². The predicted octanol–water partition coefficient (Wildman–Crippen LogP) is 2.34. The topological polar surface area (TPSA) is 63.6 Å². The van der Waals surface area contributed by atoms with Gasteiger partial charge in [0.25, 0.3) is 0 Å². The van der Waals surface area contributed by atoms with Crippen LogP contribution in [-0.2, 0) is 4.79 Å². The van der Waals surface area contributed by atoms with Gasteiger partial charge in [-0.15, -0.1) is 0 Å². The molecule has 0 aliphatic carbocycles. The van der Waals surface area contributed by atoms with Gasteiger partial charge in [0.15, 0.2) is 17.9 Å². The van der Waals surface area contributed by atoms with Gasteiger partial charge in [-0.05, 0) is 23.8 Å². The lowest BCUT2D eigenvalue weighted by Crippen LogP contribution is -2.05. The number of hydrogen-bond donors (Lipinski definition) is 1. The maximum atomic E-state index is 13.3. The molecule has 1 rings (SSSR count). The number of halogens is 3. The summed E-state index contributed by atoms with van der Waals surface area (Å²) in [5.41, 5.74) is -0.212. The van der Waals surface area contributed by atoms with E-state index >= 15 is 0 Å². The van der Waals surface area contributed by atoms with Crippen molar-refractivity contribution in [1.82, 2.24) is 0 Å². The third-order valence-electron chi connectivity index (χ3n) is 1.89. The molecule has 0 bridgehead atoms. The molecule has 0 aliphatic heterocycles. The zero-order chi connectivity index (χ0) is 13.7. The average molecular weight is 260 g/mol. The number of benzene rings is 1. The van der Waals surface area contributed by atoms with Gasteiger partial charge in [-0.1, -0.05) is 0 Å². The molecule has 0 unspecified atom stereocenters. The molecule has 18 heavy (non-hydrogen) atoms. The summed E-state index contributed by atoms with van der Waals surface area (Å²) < 4.78 is 41.0. The largest absolute Gasteiger partial charge is 0.478 e. The Bertz CT molecular complexity index is 497. The van der Waals surface area contributed by atoms with E-state index in [1.165, 1.54) is 0 Å². The van der Waals surface area contributed by atoms with E-state index in [1.54, 1.807) is 0 Å². The highest BCUT2D eigenvalue weighted by Crippen LogP contribution is 2.24. The number of hydrogen-bond acceptors (Lipinski definition) is 3. The first-order valence-corrected chi connectivity index (χ1v) is 4.58. The maximum Gasteiger partial charge on any atom is 0.387 e. The molecule has 0 fully saturated rings. The number of carbonyl (C=O) groups excluding carboxylic acids is 1. The predicted molar refractivity (Wildman–Crippen MR) is 55.1 cm³/mol. The molecule has 4 nitrogen and oxygen atoms in total. The highest BCUT2D eigenvalue weighted by molar-refractivity contribution is 5.89. The molecule has 96 valence electrons. The van der Waals surface area contributed by atoms with Crippen molar-refractivity contribution in [3.63, 3.8) is 0 Å². The first kappa shape index (κ1) is 13.8. The van der Waals surface area contributed by atoms with Crippen LogP contribution in [0.2, 0.25) is 0 Å². The van der Waals surface area contributed by atoms with Gasteiger partial charge in [0.05, 0.1) is 0 Å². The number of aldehydes is 1. The lowest BCUT2D eigenvalue weighted by molar-refractivity contribution is -0.131. The van der Waals surface area contributed by atoms with Crippen LogP contribution in [0.3, 0.4) is 0 Å². The second-order valence-corrected chi connectivity index (χ2v) is 3.08. The van der Waals surface area contributed by atoms with E-state index in [4.69, 9.17) is 5.11 Å². The van der Waals surface area contributed by atoms with Gasteiger partial charge >= 0.3 is 12.6 Å². The third kappa shape index (κ3) is 3.62. The molecule has 0 radical (unpaired) electrons. The zero-order valence-electron chi connectivity index (χ0n) is 8.77. The maximum absolute atomic E-state index is 13.3. The number of aliphatic carboxylic acids is 1. The fourth-order valence-corrected chi connectivity index (χ4v) is 1.18. The lowest BCUT2D eigenvalue weighted by atomic mass is 10.1. The van der Waals surface area contributed by atoms with Gasteiger partial charge < -0.3 is 9.84 Å². The van der Waals surface area contributed by atoms with E-state index in [2.05, 4.69) is 4.74 Å². The van der Waals surface area contributed by atoms with Gasteiger partial charge in [0, 0.05) is 11.6 Å². The molecule has 0 aliphatic rings. The molecule has 1 aromatic carbocycles. The van der Waals surface area contributed by atoms with E-state index in [9.17, 15) is 22.8 Å². The zero-order valence-corrected chi connectivity index (χ0v) is 8.77. The number of carbonyl (C=O) groups is 2. The van der Waals surface area contributed by atoms with Gasteiger partial charge in [0.1, 0.15) is 0 Å². The summed E-state index contributed by atoms with van der Waals surface area (Å²) >= 11 is 0. The normalized spacial score (nSPS) is 10.9. The minimum Gasteiger partial charge on any atom is -0.478 e. The molecule has 0 saturated carbocycles. The van der Waals surface area contributed by atoms with E-state index < -0.39 is 24.1 Å². The summed E-state index contributed by atoms with van der Waals surface area (Å²) in [5.74, 6) is -3.19. The standard InChI is InChI=1S/C11H7F3O4/c12-8-3-6(1-2-10(16)17)7(5-15)4-9(8)18-11(13)14/h1-5,11H,(H,16,17)/b2-1+. The van der Waals surface area contributed by atoms with Crippen molar-refractivity contribution in [3.8, 4) is 5.75 Å². The van der Waals surface area contributed by atoms with Crippen molar-refractivity contribution in [3.05, 3.63) is 35.2 Å². The minimum atomic E-state index is -3.22. The number of carboxylic acid groups (broad SMARTS) is 1. The lowest BCUT2D eigenvalue weighted by Gasteiger charge is -2.08. The number of rotatable bonds is 5. The Morgan fingerprint density at radius 3 is 2.50 bits per heavy atom. The summed E-state index contributed by atoms with van der Waals surface area (Å²) in [7, 11) is 0. The summed E-state index contributed by atoms with van der Waals surface area (Å²) in [6.07, 6.45) is 1.94. The monoisotopic (exact) mass is 260 g/mol. The Labute approximate surface area is 99.3 Å². The van der Waals surface area contributed by atoms with Gasteiger partial charge in [-0.25, -0.2) is 9.18 Å². The Morgan fingerprint density at radius 2 is 2.00 bits per heavy atom. The Morgan fingerprint density at radius 1 is 1.33 bits per heavy atom. The fourth-order valence-electron chi connectivity index (χ4n) is 1.18. The van der Waals surface area contributed by atoms with Crippen molar-refractivity contribution in [2.24, 2.45) is 0 Å². The Hall–Kier alpha value is -2.31. The van der Waals surface area contributed by atoms with E-state index in [0.29, 0.717) is 6.08 Å². The molecule has 0 spiro atoms. The van der Waals surface area contributed by atoms with Crippen LogP contribution in [-0.4, -0.2) is 24.0 Å². The molecule has 7 heteroatoms. The molecule has 0 amide bonds. The van der Waals surface area contributed by atoms with Crippen LogP contribution < -0.4 is 4.74 Å². The summed E-state index contributed by atoms with van der Waals surface area (Å²) in [4.78, 5) is 21.0. The van der Waals surface area contributed by atoms with Gasteiger partial charge in [-0.3, -0.25) is 4.79 Å². The molecular weight excluding hydrogens is 253 g/mol. The van der Waals surface area contributed by atoms with Gasteiger partial charge in [0.2, 0.25) is 0 Å². The second kappa shape index (κ2) is 5.85. The van der Waals surface area contributed by atoms with Crippen molar-refractivity contribution in [1.29, 1.82) is 0 Å². The Balaban J connectivity index is 3.18. The highest BCUT2D eigenvalue weighted by Gasteiger charge is 2.13. The van der Waals surface area contributed by atoms with Crippen molar-refractivity contribution >= 4 is 18.3 Å². The quantitative estimate of drug-likeness (QED) is 0.652. The summed E-state index contributed by atoms with van der Waals surface area (Å²) in [6, 6.07) is 1.51. The SMILES string of the molecule is O=Cc1cc(OC(F)F)c(F)cc1/C=C/C(=O)O. The molecular formula is C11H7F3O4. The molecule has 1 aromatic rings. The summed E-state index contributed by atoms with van der Waals surface area (Å²) in [5, 5.41) is 8.39. The van der Waals surface area contributed by atoms with Crippen LogP contribution in [0.1, 0.15) is 15.9 Å². The van der Waals surface area contributed by atoms with E-state index in [-0.39, 0.29) is 17.4 Å². The van der Waals surface area contributed by atoms with Crippen LogP contribution in [0.25, 0.3) is 6.08 Å². The van der Waals surface area contributed by atoms with E-state index in [0.717, 1.165) is 18.2 Å². The summed E-state index contributed by atoms with van der Waals surface area (Å²) in [6.45, 7) is -3.22. The van der Waals surface area contributed by atoms with Crippen molar-refractivity contribution < 1.29 is 32.6 Å². The van der Waals surface area contributed by atoms with Gasteiger partial charge in [-0.2, -0.15) is 8.78 Å². The Kier molecular flexibility index (Phi) is 4.47. The first-order chi connectivity index (χ1) is 8.43. The second-order valence-electron chi connectivity index (χ2n) is 3.08. The average Bonchev–Trinajstić information content (AvgIpc) is 2.28. The van der Waals surface area contributed by atoms with Crippen LogP contribution in [0, 0.1) is 5.82 Å². The van der Waals surface area contributed by atoms with Crippen LogP contribution >= 0.6 is 0 Å². The third-order valence-corrected chi connectivity index (χ3v) is 1.89. The van der Waals surface area contributed by atoms with Crippen molar-refractivity contribution in [2.45, 2.75) is 6.61 Å². The minimum absolute atomic E-state index is 0.0495.